The number of carbonyl (C=O) groups excluding carboxylic acids is 4. The summed E-state index contributed by atoms with van der Waals surface area (Å²) in [5.41, 5.74) is 0.969. The van der Waals surface area contributed by atoms with Gasteiger partial charge in [-0.2, -0.15) is 0 Å². The van der Waals surface area contributed by atoms with Gasteiger partial charge in [0.15, 0.2) is 17.6 Å². The molecule has 222 valence electrons. The Bertz CT molecular complexity index is 1550. The van der Waals surface area contributed by atoms with E-state index in [-0.39, 0.29) is 22.1 Å². The fraction of sp³-hybridized carbons (Fsp3) is 0.345. The zero-order valence-corrected chi connectivity index (χ0v) is 24.6. The second-order valence-electron chi connectivity index (χ2n) is 9.33. The maximum Gasteiger partial charge on any atom is 0.303 e. The molecule has 0 amide bonds. The van der Waals surface area contributed by atoms with Gasteiger partial charge in [0.05, 0.1) is 10.9 Å². The Hall–Kier alpha value is -4.23. The fourth-order valence-corrected chi connectivity index (χ4v) is 4.69. The van der Waals surface area contributed by atoms with Gasteiger partial charge in [-0.3, -0.25) is 24.0 Å². The molecule has 1 fully saturated rings. The molecule has 2 heterocycles. The van der Waals surface area contributed by atoms with Crippen LogP contribution in [0.25, 0.3) is 22.1 Å². The lowest BCUT2D eigenvalue weighted by atomic mass is 9.98. The number of ether oxygens (including phenoxy) is 6. The third-order valence-corrected chi connectivity index (χ3v) is 6.63. The SMILES string of the molecule is CC(=O)OC[C@@H]1O[C@H](Oc2ccc3c(=O)c(-c4ccc(Br)cc4)coc3c2)[C@H](OC(C)=O)[C@H](OC(C)=O)[C@@H]1OC(C)=O. The van der Waals surface area contributed by atoms with Crippen molar-refractivity contribution in [3.8, 4) is 16.9 Å². The standard InChI is InChI=1S/C29H27BrO12/c1-14(31)36-13-24-26(38-15(2)32)27(39-16(3)33)28(40-17(4)34)29(42-24)41-20-9-10-21-23(11-20)37-12-22(25(21)35)18-5-7-19(30)8-6-18/h5-12,24,26-29H,13H2,1-4H3/t24-,26+,27+,28+,29-/m0/s1. The van der Waals surface area contributed by atoms with Crippen molar-refractivity contribution in [1.82, 2.24) is 0 Å². The van der Waals surface area contributed by atoms with E-state index in [4.69, 9.17) is 32.8 Å². The predicted octanol–water partition coefficient (Wildman–Crippen LogP) is 3.68. The molecule has 13 heteroatoms. The molecule has 1 saturated heterocycles. The maximum absolute atomic E-state index is 13.2. The summed E-state index contributed by atoms with van der Waals surface area (Å²) in [6, 6.07) is 11.6. The van der Waals surface area contributed by atoms with Gasteiger partial charge in [0.2, 0.25) is 12.4 Å². The van der Waals surface area contributed by atoms with Gasteiger partial charge >= 0.3 is 23.9 Å². The number of fused-ring (bicyclic) bond motifs is 1. The van der Waals surface area contributed by atoms with E-state index < -0.39 is 61.2 Å². The van der Waals surface area contributed by atoms with E-state index in [0.29, 0.717) is 11.1 Å². The van der Waals surface area contributed by atoms with Crippen molar-refractivity contribution >= 4 is 50.8 Å². The van der Waals surface area contributed by atoms with Crippen molar-refractivity contribution in [3.63, 3.8) is 0 Å². The first-order chi connectivity index (χ1) is 19.9. The minimum absolute atomic E-state index is 0.142. The summed E-state index contributed by atoms with van der Waals surface area (Å²) >= 11 is 3.37. The van der Waals surface area contributed by atoms with Crippen LogP contribution in [0.1, 0.15) is 27.7 Å². The molecule has 5 atom stereocenters. The normalized spacial score (nSPS) is 21.7. The van der Waals surface area contributed by atoms with Crippen LogP contribution < -0.4 is 10.2 Å². The van der Waals surface area contributed by atoms with Crippen LogP contribution in [0.3, 0.4) is 0 Å². The number of hydrogen-bond donors (Lipinski definition) is 0. The maximum atomic E-state index is 13.2. The molecule has 0 saturated carbocycles. The van der Waals surface area contributed by atoms with Crippen LogP contribution >= 0.6 is 15.9 Å². The molecule has 1 aliphatic heterocycles. The molecule has 0 unspecified atom stereocenters. The van der Waals surface area contributed by atoms with Gasteiger partial charge in [-0.1, -0.05) is 28.1 Å². The number of rotatable bonds is 8. The highest BCUT2D eigenvalue weighted by atomic mass is 79.9. The zero-order valence-electron chi connectivity index (χ0n) is 23.0. The molecule has 42 heavy (non-hydrogen) atoms. The van der Waals surface area contributed by atoms with Crippen LogP contribution in [0.2, 0.25) is 0 Å². The largest absolute Gasteiger partial charge is 0.463 e. The minimum atomic E-state index is -1.43. The van der Waals surface area contributed by atoms with Gasteiger partial charge in [0.25, 0.3) is 0 Å². The van der Waals surface area contributed by atoms with Crippen molar-refractivity contribution in [2.45, 2.75) is 58.4 Å². The smallest absolute Gasteiger partial charge is 0.303 e. The molecule has 1 aliphatic rings. The highest BCUT2D eigenvalue weighted by Crippen LogP contribution is 2.32. The Labute approximate surface area is 247 Å². The molecule has 3 aromatic rings. The molecule has 0 spiro atoms. The first-order valence-electron chi connectivity index (χ1n) is 12.7. The number of benzene rings is 2. The van der Waals surface area contributed by atoms with Crippen molar-refractivity contribution in [1.29, 1.82) is 0 Å². The van der Waals surface area contributed by atoms with E-state index >= 15 is 0 Å². The first kappa shape index (κ1) is 30.7. The molecule has 0 N–H and O–H groups in total. The molecular formula is C29H27BrO12. The molecule has 1 aromatic heterocycles. The molecule has 0 bridgehead atoms. The average Bonchev–Trinajstić information content (AvgIpc) is 2.91. The first-order valence-corrected chi connectivity index (χ1v) is 13.5. The van der Waals surface area contributed by atoms with E-state index in [9.17, 15) is 24.0 Å². The monoisotopic (exact) mass is 646 g/mol. The minimum Gasteiger partial charge on any atom is -0.463 e. The van der Waals surface area contributed by atoms with Crippen LogP contribution in [0, 0.1) is 0 Å². The molecule has 4 rings (SSSR count). The third kappa shape index (κ3) is 7.34. The van der Waals surface area contributed by atoms with Gasteiger partial charge in [-0.25, -0.2) is 0 Å². The molecule has 0 radical (unpaired) electrons. The van der Waals surface area contributed by atoms with Gasteiger partial charge in [0, 0.05) is 38.2 Å². The summed E-state index contributed by atoms with van der Waals surface area (Å²) in [6.07, 6.45) is -5.39. The fourth-order valence-electron chi connectivity index (χ4n) is 4.43. The van der Waals surface area contributed by atoms with Crippen LogP contribution in [-0.4, -0.2) is 61.2 Å². The van der Waals surface area contributed by atoms with E-state index in [1.807, 2.05) is 12.1 Å². The van der Waals surface area contributed by atoms with Crippen LogP contribution in [0.5, 0.6) is 5.75 Å². The Morgan fingerprint density at radius 2 is 1.43 bits per heavy atom. The Kier molecular flexibility index (Phi) is 9.63. The van der Waals surface area contributed by atoms with Gasteiger partial charge in [0.1, 0.15) is 30.3 Å². The predicted molar refractivity (Wildman–Crippen MR) is 148 cm³/mol. The van der Waals surface area contributed by atoms with E-state index in [1.165, 1.54) is 31.4 Å². The highest BCUT2D eigenvalue weighted by molar-refractivity contribution is 9.10. The Morgan fingerprint density at radius 3 is 2.05 bits per heavy atom. The quantitative estimate of drug-likeness (QED) is 0.259. The zero-order chi connectivity index (χ0) is 30.6. The molecule has 12 nitrogen and oxygen atoms in total. The summed E-state index contributed by atoms with van der Waals surface area (Å²) in [5.74, 6) is -2.78. The number of halogens is 1. The molecule has 2 aromatic carbocycles. The van der Waals surface area contributed by atoms with Gasteiger partial charge in [-0.15, -0.1) is 0 Å². The van der Waals surface area contributed by atoms with E-state index in [1.54, 1.807) is 12.1 Å². The molecule has 0 aliphatic carbocycles. The third-order valence-electron chi connectivity index (χ3n) is 6.10. The second kappa shape index (κ2) is 13.2. The van der Waals surface area contributed by atoms with Crippen molar-refractivity contribution < 1.29 is 52.0 Å². The van der Waals surface area contributed by atoms with Crippen molar-refractivity contribution in [2.75, 3.05) is 6.61 Å². The van der Waals surface area contributed by atoms with Crippen LogP contribution in [0.4, 0.5) is 0 Å². The lowest BCUT2D eigenvalue weighted by Crippen LogP contribution is -2.63. The summed E-state index contributed by atoms with van der Waals surface area (Å²) < 4.78 is 39.8. The number of carbonyl (C=O) groups is 4. The van der Waals surface area contributed by atoms with Gasteiger partial charge < -0.3 is 32.8 Å². The summed E-state index contributed by atoms with van der Waals surface area (Å²) in [4.78, 5) is 60.7. The number of esters is 4. The Balaban J connectivity index is 1.70. The van der Waals surface area contributed by atoms with E-state index in [0.717, 1.165) is 25.2 Å². The molecular weight excluding hydrogens is 620 g/mol. The van der Waals surface area contributed by atoms with Crippen LogP contribution in [0.15, 0.2) is 62.4 Å². The van der Waals surface area contributed by atoms with Crippen LogP contribution in [-0.2, 0) is 42.9 Å². The highest BCUT2D eigenvalue weighted by Gasteiger charge is 2.53. The summed E-state index contributed by atoms with van der Waals surface area (Å²) in [7, 11) is 0. The topological polar surface area (TPSA) is 154 Å². The lowest BCUT2D eigenvalue weighted by Gasteiger charge is -2.43. The average molecular weight is 647 g/mol. The summed E-state index contributed by atoms with van der Waals surface area (Å²) in [5, 5.41) is 0.282. The van der Waals surface area contributed by atoms with Crippen molar-refractivity contribution in [3.05, 3.63) is 63.4 Å². The van der Waals surface area contributed by atoms with E-state index in [2.05, 4.69) is 15.9 Å². The summed E-state index contributed by atoms with van der Waals surface area (Å²) in [6.45, 7) is 4.15. The lowest BCUT2D eigenvalue weighted by molar-refractivity contribution is -0.288. The second-order valence-corrected chi connectivity index (χ2v) is 10.2. The Morgan fingerprint density at radius 1 is 0.810 bits per heavy atom. The van der Waals surface area contributed by atoms with Gasteiger partial charge in [-0.05, 0) is 29.8 Å². The van der Waals surface area contributed by atoms with Crippen molar-refractivity contribution in [2.24, 2.45) is 0 Å². The number of hydrogen-bond acceptors (Lipinski definition) is 12.